The highest BCUT2D eigenvalue weighted by molar-refractivity contribution is 5.90. The molecule has 0 amide bonds. The monoisotopic (exact) mass is 221 g/mol. The van der Waals surface area contributed by atoms with Gasteiger partial charge in [-0.1, -0.05) is 12.1 Å². The van der Waals surface area contributed by atoms with Crippen molar-refractivity contribution in [1.82, 2.24) is 0 Å². The average molecular weight is 221 g/mol. The van der Waals surface area contributed by atoms with Gasteiger partial charge in [0.25, 0.3) is 0 Å². The van der Waals surface area contributed by atoms with E-state index in [-0.39, 0.29) is 11.5 Å². The highest BCUT2D eigenvalue weighted by atomic mass is 16.5. The van der Waals surface area contributed by atoms with E-state index >= 15 is 0 Å². The van der Waals surface area contributed by atoms with Crippen molar-refractivity contribution in [3.63, 3.8) is 0 Å². The van der Waals surface area contributed by atoms with Crippen molar-refractivity contribution >= 4 is 5.97 Å². The molecule has 3 heteroatoms. The first kappa shape index (κ1) is 12.7. The van der Waals surface area contributed by atoms with Gasteiger partial charge in [0.05, 0.1) is 12.7 Å². The Labute approximate surface area is 96.6 Å². The lowest BCUT2D eigenvalue weighted by molar-refractivity contribution is 0.0600. The van der Waals surface area contributed by atoms with Gasteiger partial charge in [0.15, 0.2) is 0 Å². The van der Waals surface area contributed by atoms with Gasteiger partial charge in [0.2, 0.25) is 0 Å². The first-order valence-electron chi connectivity index (χ1n) is 5.30. The summed E-state index contributed by atoms with van der Waals surface area (Å²) >= 11 is 0. The van der Waals surface area contributed by atoms with Crippen LogP contribution in [0.4, 0.5) is 0 Å². The molecule has 0 bridgehead atoms. The van der Waals surface area contributed by atoms with Crippen molar-refractivity contribution < 1.29 is 9.53 Å². The van der Waals surface area contributed by atoms with E-state index in [0.29, 0.717) is 5.56 Å². The summed E-state index contributed by atoms with van der Waals surface area (Å²) in [5.41, 5.74) is 8.39. The average Bonchev–Trinajstić information content (AvgIpc) is 2.14. The lowest BCUT2D eigenvalue weighted by Crippen LogP contribution is -2.34. The Balaban J connectivity index is 2.96. The SMILES string of the molecule is COC(=O)c1ccc(CC(C)(C)N)cc1C. The number of esters is 1. The Bertz CT molecular complexity index is 391. The molecule has 1 aromatic rings. The number of benzene rings is 1. The van der Waals surface area contributed by atoms with Crippen molar-refractivity contribution in [2.75, 3.05) is 7.11 Å². The van der Waals surface area contributed by atoms with Gasteiger partial charge in [-0.2, -0.15) is 0 Å². The van der Waals surface area contributed by atoms with Crippen LogP contribution in [0.3, 0.4) is 0 Å². The molecule has 0 spiro atoms. The molecule has 0 radical (unpaired) electrons. The molecule has 3 nitrogen and oxygen atoms in total. The number of nitrogens with two attached hydrogens (primary N) is 1. The number of hydrogen-bond donors (Lipinski definition) is 1. The Kier molecular flexibility index (Phi) is 3.70. The summed E-state index contributed by atoms with van der Waals surface area (Å²) < 4.78 is 4.69. The van der Waals surface area contributed by atoms with Gasteiger partial charge >= 0.3 is 5.97 Å². The number of rotatable bonds is 3. The second-order valence-corrected chi connectivity index (χ2v) is 4.81. The zero-order valence-corrected chi connectivity index (χ0v) is 10.3. The van der Waals surface area contributed by atoms with Crippen molar-refractivity contribution in [2.24, 2.45) is 5.73 Å². The normalized spacial score (nSPS) is 11.3. The van der Waals surface area contributed by atoms with Gasteiger partial charge in [-0.3, -0.25) is 0 Å². The van der Waals surface area contributed by atoms with Crippen LogP contribution in [0.5, 0.6) is 0 Å². The van der Waals surface area contributed by atoms with Crippen molar-refractivity contribution in [3.8, 4) is 0 Å². The first-order valence-corrected chi connectivity index (χ1v) is 5.30. The van der Waals surface area contributed by atoms with E-state index in [2.05, 4.69) is 0 Å². The van der Waals surface area contributed by atoms with Crippen molar-refractivity contribution in [3.05, 3.63) is 34.9 Å². The smallest absolute Gasteiger partial charge is 0.338 e. The number of hydrogen-bond acceptors (Lipinski definition) is 3. The Morgan fingerprint density at radius 3 is 2.50 bits per heavy atom. The predicted molar refractivity (Wildman–Crippen MR) is 64.5 cm³/mol. The van der Waals surface area contributed by atoms with Crippen LogP contribution in [-0.4, -0.2) is 18.6 Å². The molecule has 0 atom stereocenters. The number of carbonyl (C=O) groups excluding carboxylic acids is 1. The Morgan fingerprint density at radius 1 is 1.44 bits per heavy atom. The van der Waals surface area contributed by atoms with E-state index in [4.69, 9.17) is 10.5 Å². The van der Waals surface area contributed by atoms with E-state index in [1.165, 1.54) is 7.11 Å². The summed E-state index contributed by atoms with van der Waals surface area (Å²) in [6.45, 7) is 5.87. The molecule has 16 heavy (non-hydrogen) atoms. The third-order valence-electron chi connectivity index (χ3n) is 2.36. The third-order valence-corrected chi connectivity index (χ3v) is 2.36. The molecule has 0 aromatic heterocycles. The van der Waals surface area contributed by atoms with E-state index < -0.39 is 0 Å². The summed E-state index contributed by atoms with van der Waals surface area (Å²) in [6.07, 6.45) is 0.787. The van der Waals surface area contributed by atoms with Crippen LogP contribution in [0.15, 0.2) is 18.2 Å². The van der Waals surface area contributed by atoms with Gasteiger partial charge in [-0.15, -0.1) is 0 Å². The van der Waals surface area contributed by atoms with Gasteiger partial charge in [0.1, 0.15) is 0 Å². The molecule has 1 aromatic carbocycles. The van der Waals surface area contributed by atoms with Crippen LogP contribution >= 0.6 is 0 Å². The molecule has 0 heterocycles. The largest absolute Gasteiger partial charge is 0.465 e. The molecule has 0 unspecified atom stereocenters. The molecule has 0 fully saturated rings. The fraction of sp³-hybridized carbons (Fsp3) is 0.462. The predicted octanol–water partition coefficient (Wildman–Crippen LogP) is 2.06. The van der Waals surface area contributed by atoms with Crippen molar-refractivity contribution in [1.29, 1.82) is 0 Å². The second-order valence-electron chi connectivity index (χ2n) is 4.81. The summed E-state index contributed by atoms with van der Waals surface area (Å²) in [5, 5.41) is 0. The topological polar surface area (TPSA) is 52.3 Å². The number of aryl methyl sites for hydroxylation is 1. The summed E-state index contributed by atoms with van der Waals surface area (Å²) in [6, 6.07) is 5.71. The van der Waals surface area contributed by atoms with Crippen LogP contribution in [0.1, 0.15) is 35.3 Å². The number of methoxy groups -OCH3 is 1. The summed E-state index contributed by atoms with van der Waals surface area (Å²) in [5.74, 6) is -0.295. The maximum atomic E-state index is 11.4. The van der Waals surface area contributed by atoms with Crippen LogP contribution < -0.4 is 5.73 Å². The summed E-state index contributed by atoms with van der Waals surface area (Å²) in [4.78, 5) is 11.4. The van der Waals surface area contributed by atoms with Gasteiger partial charge < -0.3 is 10.5 Å². The van der Waals surface area contributed by atoms with Crippen molar-refractivity contribution in [2.45, 2.75) is 32.7 Å². The lowest BCUT2D eigenvalue weighted by atomic mass is 9.94. The molecule has 0 aliphatic heterocycles. The van der Waals surface area contributed by atoms with E-state index in [0.717, 1.165) is 17.5 Å². The minimum Gasteiger partial charge on any atom is -0.465 e. The molecule has 0 aliphatic carbocycles. The molecular formula is C13H19NO2. The maximum Gasteiger partial charge on any atom is 0.338 e. The highest BCUT2D eigenvalue weighted by Crippen LogP contribution is 2.16. The Morgan fingerprint density at radius 2 is 2.06 bits per heavy atom. The molecule has 1 rings (SSSR count). The standard InChI is InChI=1S/C13H19NO2/c1-9-7-10(8-13(2,3)14)5-6-11(9)12(15)16-4/h5-7H,8,14H2,1-4H3. The van der Waals surface area contributed by atoms with Crippen LogP contribution in [0.2, 0.25) is 0 Å². The zero-order valence-electron chi connectivity index (χ0n) is 10.3. The van der Waals surface area contributed by atoms with Gasteiger partial charge in [-0.05, 0) is 44.4 Å². The van der Waals surface area contributed by atoms with E-state index in [9.17, 15) is 4.79 Å². The second kappa shape index (κ2) is 4.66. The number of ether oxygens (including phenoxy) is 1. The fourth-order valence-electron chi connectivity index (χ4n) is 1.70. The molecular weight excluding hydrogens is 202 g/mol. The molecule has 0 saturated heterocycles. The quantitative estimate of drug-likeness (QED) is 0.795. The lowest BCUT2D eigenvalue weighted by Gasteiger charge is -2.19. The minimum atomic E-state index is -0.295. The highest BCUT2D eigenvalue weighted by Gasteiger charge is 2.14. The van der Waals surface area contributed by atoms with E-state index in [1.54, 1.807) is 6.07 Å². The maximum absolute atomic E-state index is 11.4. The van der Waals surface area contributed by atoms with Gasteiger partial charge in [0, 0.05) is 5.54 Å². The minimum absolute atomic E-state index is 0.237. The number of carbonyl (C=O) groups is 1. The fourth-order valence-corrected chi connectivity index (χ4v) is 1.70. The molecule has 88 valence electrons. The molecule has 0 saturated carbocycles. The molecule has 2 N–H and O–H groups in total. The molecule has 0 aliphatic rings. The first-order chi connectivity index (χ1) is 7.33. The zero-order chi connectivity index (χ0) is 12.3. The van der Waals surface area contributed by atoms with Crippen LogP contribution in [0.25, 0.3) is 0 Å². The van der Waals surface area contributed by atoms with E-state index in [1.807, 2.05) is 32.9 Å². The van der Waals surface area contributed by atoms with Crippen LogP contribution in [-0.2, 0) is 11.2 Å². The summed E-state index contributed by atoms with van der Waals surface area (Å²) in [7, 11) is 1.39. The Hall–Kier alpha value is -1.35. The van der Waals surface area contributed by atoms with Crippen LogP contribution in [0, 0.1) is 6.92 Å². The third kappa shape index (κ3) is 3.35. The van der Waals surface area contributed by atoms with Gasteiger partial charge in [-0.25, -0.2) is 4.79 Å².